The highest BCUT2D eigenvalue weighted by Gasteiger charge is 2.26. The van der Waals surface area contributed by atoms with Crippen molar-refractivity contribution >= 4 is 34.8 Å². The molecule has 1 amide bonds. The van der Waals surface area contributed by atoms with Gasteiger partial charge in [0.25, 0.3) is 0 Å². The van der Waals surface area contributed by atoms with Crippen LogP contribution < -0.4 is 14.8 Å². The van der Waals surface area contributed by atoms with Gasteiger partial charge in [0.05, 0.1) is 14.2 Å². The van der Waals surface area contributed by atoms with Crippen LogP contribution in [-0.2, 0) is 11.3 Å². The fraction of sp³-hybridized carbons (Fsp3) is 0.208. The third kappa shape index (κ3) is 5.70. The minimum atomic E-state index is -0.560. The van der Waals surface area contributed by atoms with Gasteiger partial charge in [-0.1, -0.05) is 65.7 Å². The van der Waals surface area contributed by atoms with Crippen LogP contribution in [0.15, 0.2) is 66.7 Å². The van der Waals surface area contributed by atoms with E-state index in [1.807, 2.05) is 60.5 Å². The van der Waals surface area contributed by atoms with Gasteiger partial charge in [0.1, 0.15) is 6.04 Å². The number of carbonyl (C=O) groups excluding carboxylic acids is 1. The lowest BCUT2D eigenvalue weighted by Crippen LogP contribution is -2.34. The summed E-state index contributed by atoms with van der Waals surface area (Å²) < 4.78 is 11.0. The molecule has 5 nitrogen and oxygen atoms in total. The minimum absolute atomic E-state index is 0.200. The van der Waals surface area contributed by atoms with Crippen LogP contribution in [0.5, 0.6) is 11.5 Å². The Hall–Kier alpha value is -2.73. The van der Waals surface area contributed by atoms with Crippen LogP contribution in [0.1, 0.15) is 17.2 Å². The molecular formula is C24H24Cl2N2O3. The van der Waals surface area contributed by atoms with Crippen molar-refractivity contribution in [2.45, 2.75) is 12.6 Å². The molecule has 3 aromatic carbocycles. The van der Waals surface area contributed by atoms with E-state index in [4.69, 9.17) is 32.7 Å². The number of halogens is 2. The molecule has 0 aliphatic carbocycles. The molecule has 7 heteroatoms. The van der Waals surface area contributed by atoms with E-state index in [1.165, 1.54) is 0 Å². The first kappa shape index (κ1) is 22.9. The number of hydrogen-bond acceptors (Lipinski definition) is 4. The Kier molecular flexibility index (Phi) is 7.80. The fourth-order valence-electron chi connectivity index (χ4n) is 3.52. The lowest BCUT2D eigenvalue weighted by molar-refractivity contribution is -0.121. The van der Waals surface area contributed by atoms with Gasteiger partial charge in [-0.05, 0) is 36.9 Å². The van der Waals surface area contributed by atoms with E-state index in [-0.39, 0.29) is 5.91 Å². The molecule has 0 bridgehead atoms. The Morgan fingerprint density at radius 2 is 1.65 bits per heavy atom. The lowest BCUT2D eigenvalue weighted by Gasteiger charge is -2.28. The second kappa shape index (κ2) is 10.5. The molecule has 1 atom stereocenters. The van der Waals surface area contributed by atoms with Crippen LogP contribution >= 0.6 is 23.2 Å². The van der Waals surface area contributed by atoms with E-state index in [1.54, 1.807) is 32.4 Å². The minimum Gasteiger partial charge on any atom is -0.493 e. The molecule has 0 aromatic heterocycles. The molecule has 0 saturated carbocycles. The number of nitrogens with zero attached hydrogens (tertiary/aromatic N) is 1. The summed E-state index contributed by atoms with van der Waals surface area (Å²) in [6, 6.07) is 19.7. The molecule has 0 unspecified atom stereocenters. The number of likely N-dealkylation sites (N-methyl/N-ethyl adjacent to an activating group) is 1. The van der Waals surface area contributed by atoms with Gasteiger partial charge in [-0.25, -0.2) is 0 Å². The van der Waals surface area contributed by atoms with Crippen LogP contribution in [-0.4, -0.2) is 32.1 Å². The lowest BCUT2D eigenvalue weighted by atomic mass is 10.0. The summed E-state index contributed by atoms with van der Waals surface area (Å²) in [5.74, 6) is 1.09. The van der Waals surface area contributed by atoms with E-state index >= 15 is 0 Å². The predicted octanol–water partition coefficient (Wildman–Crippen LogP) is 5.82. The number of amides is 1. The van der Waals surface area contributed by atoms with Gasteiger partial charge in [0.2, 0.25) is 5.91 Å². The smallest absolute Gasteiger partial charge is 0.246 e. The molecule has 3 rings (SSSR count). The maximum absolute atomic E-state index is 13.4. The maximum atomic E-state index is 13.4. The summed E-state index contributed by atoms with van der Waals surface area (Å²) in [4.78, 5) is 15.3. The second-order valence-corrected chi connectivity index (χ2v) is 7.90. The Balaban J connectivity index is 1.91. The van der Waals surface area contributed by atoms with Gasteiger partial charge in [-0.2, -0.15) is 0 Å². The molecule has 1 N–H and O–H groups in total. The quantitative estimate of drug-likeness (QED) is 0.461. The number of carbonyl (C=O) groups is 1. The van der Waals surface area contributed by atoms with Crippen molar-refractivity contribution in [3.05, 3.63) is 87.9 Å². The standard InChI is InChI=1S/C24H24Cl2N2O3/c1-28(15-17-10-7-11-21(30-2)23(17)31-3)22(16-8-5-4-6-9-16)24(29)27-20-13-18(25)12-19(26)14-20/h4-14,22H,15H2,1-3H3,(H,27,29)/t22-/m1/s1. The van der Waals surface area contributed by atoms with Gasteiger partial charge < -0.3 is 14.8 Å². The van der Waals surface area contributed by atoms with Crippen LogP contribution in [0.2, 0.25) is 10.0 Å². The first-order valence-corrected chi connectivity index (χ1v) is 10.4. The van der Waals surface area contributed by atoms with Gasteiger partial charge in [0, 0.05) is 27.8 Å². The van der Waals surface area contributed by atoms with E-state index in [0.29, 0.717) is 33.8 Å². The molecule has 0 spiro atoms. The zero-order valence-electron chi connectivity index (χ0n) is 17.6. The van der Waals surface area contributed by atoms with Gasteiger partial charge in [-0.3, -0.25) is 9.69 Å². The fourth-order valence-corrected chi connectivity index (χ4v) is 4.04. The summed E-state index contributed by atoms with van der Waals surface area (Å²) in [5.41, 5.74) is 2.30. The summed E-state index contributed by atoms with van der Waals surface area (Å²) in [5, 5.41) is 3.84. The van der Waals surface area contributed by atoms with Gasteiger partial charge >= 0.3 is 0 Å². The van der Waals surface area contributed by atoms with Gasteiger partial charge in [0.15, 0.2) is 11.5 Å². The van der Waals surface area contributed by atoms with Crippen LogP contribution in [0.25, 0.3) is 0 Å². The Morgan fingerprint density at radius 1 is 0.968 bits per heavy atom. The molecule has 0 saturated heterocycles. The molecule has 162 valence electrons. The highest BCUT2D eigenvalue weighted by atomic mass is 35.5. The maximum Gasteiger partial charge on any atom is 0.246 e. The first-order valence-electron chi connectivity index (χ1n) is 9.65. The van der Waals surface area contributed by atoms with Crippen molar-refractivity contribution in [3.8, 4) is 11.5 Å². The molecule has 3 aromatic rings. The summed E-state index contributed by atoms with van der Waals surface area (Å²) in [6.07, 6.45) is 0. The Bertz CT molecular complexity index is 1020. The van der Waals surface area contributed by atoms with Crippen molar-refractivity contribution in [2.24, 2.45) is 0 Å². The van der Waals surface area contributed by atoms with Crippen LogP contribution in [0.3, 0.4) is 0 Å². The van der Waals surface area contributed by atoms with E-state index in [2.05, 4.69) is 5.32 Å². The van der Waals surface area contributed by atoms with Crippen LogP contribution in [0.4, 0.5) is 5.69 Å². The van der Waals surface area contributed by atoms with Crippen molar-refractivity contribution in [1.82, 2.24) is 4.90 Å². The molecule has 0 aliphatic rings. The topological polar surface area (TPSA) is 50.8 Å². The van der Waals surface area contributed by atoms with E-state index in [9.17, 15) is 4.79 Å². The third-order valence-corrected chi connectivity index (χ3v) is 5.28. The number of para-hydroxylation sites is 1. The highest BCUT2D eigenvalue weighted by molar-refractivity contribution is 6.35. The molecular weight excluding hydrogens is 435 g/mol. The average Bonchev–Trinajstić information content (AvgIpc) is 2.73. The largest absolute Gasteiger partial charge is 0.493 e. The molecule has 0 fully saturated rings. The SMILES string of the molecule is COc1cccc(CN(C)[C@@H](C(=O)Nc2cc(Cl)cc(Cl)c2)c2ccccc2)c1OC. The number of anilines is 1. The Labute approximate surface area is 192 Å². The normalized spacial score (nSPS) is 11.8. The van der Waals surface area contributed by atoms with Crippen molar-refractivity contribution in [3.63, 3.8) is 0 Å². The number of rotatable bonds is 8. The van der Waals surface area contributed by atoms with Crippen LogP contribution in [0, 0.1) is 0 Å². The molecule has 0 radical (unpaired) electrons. The average molecular weight is 459 g/mol. The number of benzene rings is 3. The number of hydrogen-bond donors (Lipinski definition) is 1. The summed E-state index contributed by atoms with van der Waals surface area (Å²) >= 11 is 12.2. The van der Waals surface area contributed by atoms with E-state index in [0.717, 1.165) is 11.1 Å². The van der Waals surface area contributed by atoms with Crippen molar-refractivity contribution in [2.75, 3.05) is 26.6 Å². The number of nitrogens with one attached hydrogen (secondary N) is 1. The molecule has 0 aliphatic heterocycles. The third-order valence-electron chi connectivity index (χ3n) is 4.84. The second-order valence-electron chi connectivity index (χ2n) is 7.03. The van der Waals surface area contributed by atoms with Gasteiger partial charge in [-0.15, -0.1) is 0 Å². The zero-order valence-corrected chi connectivity index (χ0v) is 19.1. The van der Waals surface area contributed by atoms with E-state index < -0.39 is 6.04 Å². The summed E-state index contributed by atoms with van der Waals surface area (Å²) in [7, 11) is 5.09. The monoisotopic (exact) mass is 458 g/mol. The van der Waals surface area contributed by atoms with Crippen molar-refractivity contribution in [1.29, 1.82) is 0 Å². The molecule has 31 heavy (non-hydrogen) atoms. The van der Waals surface area contributed by atoms with Crippen molar-refractivity contribution < 1.29 is 14.3 Å². The number of methoxy groups -OCH3 is 2. The number of ether oxygens (including phenoxy) is 2. The summed E-state index contributed by atoms with van der Waals surface area (Å²) in [6.45, 7) is 0.462. The first-order chi connectivity index (χ1) is 14.9. The Morgan fingerprint density at radius 3 is 2.26 bits per heavy atom. The zero-order chi connectivity index (χ0) is 22.4. The molecule has 0 heterocycles. The predicted molar refractivity (Wildman–Crippen MR) is 125 cm³/mol. The highest BCUT2D eigenvalue weighted by Crippen LogP contribution is 2.33.